The SMILES string of the molecule is CC(=O)Nc1ccc(CNC2CC(C)(NC(=O)OC(C)(C)C)C2)cn1. The molecule has 1 heterocycles. The molecule has 0 unspecified atom stereocenters. The molecule has 25 heavy (non-hydrogen) atoms. The summed E-state index contributed by atoms with van der Waals surface area (Å²) in [6.07, 6.45) is 3.08. The Balaban J connectivity index is 1.72. The van der Waals surface area contributed by atoms with E-state index in [9.17, 15) is 9.59 Å². The Morgan fingerprint density at radius 2 is 2.00 bits per heavy atom. The summed E-state index contributed by atoms with van der Waals surface area (Å²) in [5, 5.41) is 9.04. The highest BCUT2D eigenvalue weighted by atomic mass is 16.6. The molecule has 1 aromatic rings. The molecular formula is C18H28N4O3. The molecule has 3 N–H and O–H groups in total. The van der Waals surface area contributed by atoms with Crippen molar-refractivity contribution in [2.24, 2.45) is 0 Å². The van der Waals surface area contributed by atoms with Crippen LogP contribution in [-0.2, 0) is 16.1 Å². The number of amides is 2. The number of anilines is 1. The van der Waals surface area contributed by atoms with Crippen LogP contribution in [0.25, 0.3) is 0 Å². The third-order valence-corrected chi connectivity index (χ3v) is 3.92. The lowest BCUT2D eigenvalue weighted by Crippen LogP contribution is -2.61. The molecule has 2 amide bonds. The molecule has 7 nitrogen and oxygen atoms in total. The normalized spacial score (nSPS) is 22.7. The number of rotatable bonds is 5. The lowest BCUT2D eigenvalue weighted by molar-refractivity contribution is -0.114. The number of nitrogens with one attached hydrogen (secondary N) is 3. The third-order valence-electron chi connectivity index (χ3n) is 3.92. The number of pyridine rings is 1. The largest absolute Gasteiger partial charge is 0.444 e. The summed E-state index contributed by atoms with van der Waals surface area (Å²) in [6, 6.07) is 4.06. The highest BCUT2D eigenvalue weighted by Crippen LogP contribution is 2.32. The van der Waals surface area contributed by atoms with Crippen LogP contribution in [0.1, 0.15) is 53.0 Å². The van der Waals surface area contributed by atoms with Crippen molar-refractivity contribution in [3.8, 4) is 0 Å². The van der Waals surface area contributed by atoms with Gasteiger partial charge >= 0.3 is 6.09 Å². The third kappa shape index (κ3) is 6.34. The van der Waals surface area contributed by atoms with E-state index in [1.165, 1.54) is 6.92 Å². The number of aromatic nitrogens is 1. The van der Waals surface area contributed by atoms with Crippen LogP contribution in [0.2, 0.25) is 0 Å². The van der Waals surface area contributed by atoms with Gasteiger partial charge in [-0.25, -0.2) is 9.78 Å². The average Bonchev–Trinajstić information content (AvgIpc) is 2.41. The van der Waals surface area contributed by atoms with Crippen LogP contribution in [0.15, 0.2) is 18.3 Å². The second kappa shape index (κ2) is 7.39. The van der Waals surface area contributed by atoms with Gasteiger partial charge in [0.1, 0.15) is 11.4 Å². The van der Waals surface area contributed by atoms with E-state index < -0.39 is 5.60 Å². The molecule has 0 bridgehead atoms. The van der Waals surface area contributed by atoms with Gasteiger partial charge in [-0.15, -0.1) is 0 Å². The Hall–Kier alpha value is -2.15. The van der Waals surface area contributed by atoms with Gasteiger partial charge in [-0.1, -0.05) is 6.07 Å². The van der Waals surface area contributed by atoms with Gasteiger partial charge in [-0.3, -0.25) is 4.79 Å². The van der Waals surface area contributed by atoms with Gasteiger partial charge in [0.15, 0.2) is 0 Å². The lowest BCUT2D eigenvalue weighted by atomic mass is 9.74. The zero-order chi connectivity index (χ0) is 18.7. The molecule has 1 aliphatic rings. The maximum Gasteiger partial charge on any atom is 0.408 e. The van der Waals surface area contributed by atoms with E-state index >= 15 is 0 Å². The predicted molar refractivity (Wildman–Crippen MR) is 96.2 cm³/mol. The van der Waals surface area contributed by atoms with Gasteiger partial charge in [-0.2, -0.15) is 0 Å². The summed E-state index contributed by atoms with van der Waals surface area (Å²) < 4.78 is 5.30. The molecule has 1 aliphatic carbocycles. The summed E-state index contributed by atoms with van der Waals surface area (Å²) in [5.41, 5.74) is 0.328. The zero-order valence-corrected chi connectivity index (χ0v) is 15.6. The molecule has 0 radical (unpaired) electrons. The molecule has 2 rings (SSSR count). The van der Waals surface area contributed by atoms with Gasteiger partial charge in [0.25, 0.3) is 0 Å². The summed E-state index contributed by atoms with van der Waals surface area (Å²) in [6.45, 7) is 9.73. The number of carbonyl (C=O) groups is 2. The van der Waals surface area contributed by atoms with Crippen LogP contribution < -0.4 is 16.0 Å². The van der Waals surface area contributed by atoms with E-state index in [0.717, 1.165) is 18.4 Å². The first-order chi connectivity index (χ1) is 11.5. The van der Waals surface area contributed by atoms with Crippen molar-refractivity contribution >= 4 is 17.8 Å². The average molecular weight is 348 g/mol. The zero-order valence-electron chi connectivity index (χ0n) is 15.6. The molecule has 7 heteroatoms. The number of hydrogen-bond donors (Lipinski definition) is 3. The number of carbonyl (C=O) groups excluding carboxylic acids is 2. The van der Waals surface area contributed by atoms with E-state index in [0.29, 0.717) is 18.4 Å². The fourth-order valence-electron chi connectivity index (χ4n) is 2.87. The monoisotopic (exact) mass is 348 g/mol. The van der Waals surface area contributed by atoms with Gasteiger partial charge in [0.05, 0.1) is 0 Å². The smallest absolute Gasteiger partial charge is 0.408 e. The second-order valence-corrected chi connectivity index (χ2v) is 7.91. The molecule has 0 aliphatic heterocycles. The first kappa shape index (κ1) is 19.2. The molecular weight excluding hydrogens is 320 g/mol. The highest BCUT2D eigenvalue weighted by molar-refractivity contribution is 5.87. The van der Waals surface area contributed by atoms with Crippen molar-refractivity contribution in [3.63, 3.8) is 0 Å². The minimum absolute atomic E-state index is 0.135. The number of nitrogens with zero attached hydrogens (tertiary/aromatic N) is 1. The highest BCUT2D eigenvalue weighted by Gasteiger charge is 2.41. The summed E-state index contributed by atoms with van der Waals surface area (Å²) in [5.74, 6) is 0.415. The van der Waals surface area contributed by atoms with E-state index in [2.05, 4.69) is 20.9 Å². The maximum absolute atomic E-state index is 11.9. The molecule has 1 aromatic heterocycles. The maximum atomic E-state index is 11.9. The number of hydrogen-bond acceptors (Lipinski definition) is 5. The fraction of sp³-hybridized carbons (Fsp3) is 0.611. The topological polar surface area (TPSA) is 92.4 Å². The van der Waals surface area contributed by atoms with E-state index in [-0.39, 0.29) is 17.5 Å². The van der Waals surface area contributed by atoms with Crippen molar-refractivity contribution in [2.45, 2.75) is 71.2 Å². The molecule has 0 aromatic carbocycles. The first-order valence-electron chi connectivity index (χ1n) is 8.52. The minimum Gasteiger partial charge on any atom is -0.444 e. The Morgan fingerprint density at radius 1 is 1.32 bits per heavy atom. The van der Waals surface area contributed by atoms with Crippen LogP contribution >= 0.6 is 0 Å². The summed E-state index contributed by atoms with van der Waals surface area (Å²) in [4.78, 5) is 27.0. The summed E-state index contributed by atoms with van der Waals surface area (Å²) >= 11 is 0. The van der Waals surface area contributed by atoms with Crippen LogP contribution in [-0.4, -0.2) is 34.2 Å². The molecule has 0 atom stereocenters. The van der Waals surface area contributed by atoms with Crippen molar-refractivity contribution in [1.82, 2.24) is 15.6 Å². The Bertz CT molecular complexity index is 616. The Kier molecular flexibility index (Phi) is 5.67. The lowest BCUT2D eigenvalue weighted by Gasteiger charge is -2.46. The molecule has 138 valence electrons. The summed E-state index contributed by atoms with van der Waals surface area (Å²) in [7, 11) is 0. The van der Waals surface area contributed by atoms with Gasteiger partial charge in [0, 0.05) is 31.2 Å². The van der Waals surface area contributed by atoms with Crippen LogP contribution in [0.5, 0.6) is 0 Å². The number of alkyl carbamates (subject to hydrolysis) is 1. The van der Waals surface area contributed by atoms with E-state index in [1.807, 2.05) is 33.8 Å². The molecule has 1 saturated carbocycles. The van der Waals surface area contributed by atoms with Crippen molar-refractivity contribution < 1.29 is 14.3 Å². The van der Waals surface area contributed by atoms with Crippen LogP contribution in [0.4, 0.5) is 10.6 Å². The molecule has 1 fully saturated rings. The quantitative estimate of drug-likeness (QED) is 0.760. The molecule has 0 spiro atoms. The predicted octanol–water partition coefficient (Wildman–Crippen LogP) is 2.58. The Labute approximate surface area is 148 Å². The van der Waals surface area contributed by atoms with E-state index in [1.54, 1.807) is 12.3 Å². The number of ether oxygens (including phenoxy) is 1. The van der Waals surface area contributed by atoms with Gasteiger partial charge in [0.2, 0.25) is 5.91 Å². The van der Waals surface area contributed by atoms with Crippen molar-refractivity contribution in [1.29, 1.82) is 0 Å². The second-order valence-electron chi connectivity index (χ2n) is 7.91. The van der Waals surface area contributed by atoms with Gasteiger partial charge in [-0.05, 0) is 52.2 Å². The van der Waals surface area contributed by atoms with E-state index in [4.69, 9.17) is 4.74 Å². The first-order valence-corrected chi connectivity index (χ1v) is 8.52. The fourth-order valence-corrected chi connectivity index (χ4v) is 2.87. The van der Waals surface area contributed by atoms with Crippen molar-refractivity contribution in [2.75, 3.05) is 5.32 Å². The van der Waals surface area contributed by atoms with Crippen molar-refractivity contribution in [3.05, 3.63) is 23.9 Å². The van der Waals surface area contributed by atoms with Crippen LogP contribution in [0, 0.1) is 0 Å². The minimum atomic E-state index is -0.488. The van der Waals surface area contributed by atoms with Crippen LogP contribution in [0.3, 0.4) is 0 Å². The standard InChI is InChI=1S/C18H28N4O3/c1-12(23)21-15-7-6-13(11-20-15)10-19-14-8-18(5,9-14)22-16(24)25-17(2,3)4/h6-7,11,14,19H,8-10H2,1-5H3,(H,22,24)(H,20,21,23). The Morgan fingerprint density at radius 3 is 2.52 bits per heavy atom. The molecule has 0 saturated heterocycles. The van der Waals surface area contributed by atoms with Gasteiger partial charge < -0.3 is 20.7 Å².